The van der Waals surface area contributed by atoms with E-state index in [4.69, 9.17) is 0 Å². The topological polar surface area (TPSA) is 25.2 Å². The number of pyridine rings is 1. The molecule has 1 aromatic rings. The van der Waals surface area contributed by atoms with E-state index in [2.05, 4.69) is 53.1 Å². The Morgan fingerprint density at radius 3 is 2.92 bits per heavy atom. The van der Waals surface area contributed by atoms with Crippen LogP contribution in [0.2, 0.25) is 0 Å². The minimum atomic E-state index is 0.860. The van der Waals surface area contributed by atoms with Crippen molar-refractivity contribution in [2.45, 2.75) is 13.8 Å². The van der Waals surface area contributed by atoms with Crippen LogP contribution in [-0.2, 0) is 0 Å². The van der Waals surface area contributed by atoms with Gasteiger partial charge in [0.2, 0.25) is 0 Å². The number of hydrogen-bond donors (Lipinski definition) is 0. The van der Waals surface area contributed by atoms with Gasteiger partial charge in [0.05, 0.1) is 5.69 Å². The van der Waals surface area contributed by atoms with Crippen molar-refractivity contribution in [3.63, 3.8) is 0 Å². The summed E-state index contributed by atoms with van der Waals surface area (Å²) in [5, 5.41) is 0. The van der Waals surface area contributed by atoms with Crippen LogP contribution in [0, 0.1) is 13.8 Å². The van der Waals surface area contributed by atoms with Crippen LogP contribution in [0.3, 0.4) is 0 Å². The summed E-state index contributed by atoms with van der Waals surface area (Å²) >= 11 is 2.13. The fourth-order valence-electron chi connectivity index (χ4n) is 0.957. The Morgan fingerprint density at radius 1 is 1.62 bits per heavy atom. The number of aromatic nitrogens is 1. The lowest BCUT2D eigenvalue weighted by molar-refractivity contribution is 1.19. The first-order valence-corrected chi connectivity index (χ1v) is 4.99. The van der Waals surface area contributed by atoms with Crippen molar-refractivity contribution >= 4 is 35.4 Å². The zero-order valence-electron chi connectivity index (χ0n) is 7.71. The monoisotopic (exact) mass is 286 g/mol. The van der Waals surface area contributed by atoms with Crippen molar-refractivity contribution in [3.05, 3.63) is 32.8 Å². The van der Waals surface area contributed by atoms with Crippen LogP contribution in [0.1, 0.15) is 16.8 Å². The van der Waals surface area contributed by atoms with Crippen LogP contribution in [0.4, 0.5) is 0 Å². The van der Waals surface area contributed by atoms with Crippen molar-refractivity contribution < 1.29 is 0 Å². The molecule has 2 nitrogen and oxygen atoms in total. The Balaban J connectivity index is 3.16. The summed E-state index contributed by atoms with van der Waals surface area (Å²) in [7, 11) is 0. The molecule has 68 valence electrons. The molecule has 0 radical (unpaired) electrons. The number of aliphatic imine (C=N–C) groups is 1. The molecule has 0 spiro atoms. The van der Waals surface area contributed by atoms with E-state index >= 15 is 0 Å². The maximum atomic E-state index is 4.26. The average Bonchev–Trinajstić information content (AvgIpc) is 2.13. The first-order valence-electron chi connectivity index (χ1n) is 3.91. The van der Waals surface area contributed by atoms with Gasteiger partial charge in [0.15, 0.2) is 0 Å². The van der Waals surface area contributed by atoms with E-state index in [0.717, 1.165) is 9.40 Å². The average molecular weight is 286 g/mol. The molecule has 1 aromatic heterocycles. The van der Waals surface area contributed by atoms with Crippen LogP contribution in [0.25, 0.3) is 6.08 Å². The van der Waals surface area contributed by atoms with E-state index in [1.807, 2.05) is 12.1 Å². The normalized spacial score (nSPS) is 11.5. The third-order valence-corrected chi connectivity index (χ3v) is 2.57. The molecule has 0 saturated heterocycles. The van der Waals surface area contributed by atoms with Crippen molar-refractivity contribution in [3.8, 4) is 0 Å². The number of aryl methyl sites for hydroxylation is 1. The van der Waals surface area contributed by atoms with E-state index in [0.29, 0.717) is 0 Å². The molecule has 0 bridgehead atoms. The van der Waals surface area contributed by atoms with Crippen molar-refractivity contribution in [2.75, 3.05) is 0 Å². The quantitative estimate of drug-likeness (QED) is 0.466. The lowest BCUT2D eigenvalue weighted by atomic mass is 10.1. The summed E-state index contributed by atoms with van der Waals surface area (Å²) in [6, 6.07) is 2.00. The van der Waals surface area contributed by atoms with E-state index in [-0.39, 0.29) is 0 Å². The molecular formula is C10H11IN2. The van der Waals surface area contributed by atoms with Gasteiger partial charge in [-0.2, -0.15) is 0 Å². The highest BCUT2D eigenvalue weighted by Crippen LogP contribution is 2.16. The molecule has 0 fully saturated rings. The Morgan fingerprint density at radius 2 is 2.31 bits per heavy atom. The van der Waals surface area contributed by atoms with Gasteiger partial charge in [0.25, 0.3) is 0 Å². The summed E-state index contributed by atoms with van der Waals surface area (Å²) in [5.41, 5.74) is 3.41. The zero-order chi connectivity index (χ0) is 9.84. The molecule has 0 amide bonds. The molecule has 13 heavy (non-hydrogen) atoms. The lowest BCUT2D eigenvalue weighted by Gasteiger charge is -2.02. The van der Waals surface area contributed by atoms with Crippen molar-refractivity contribution in [1.82, 2.24) is 4.98 Å². The number of hydrogen-bond acceptors (Lipinski definition) is 2. The predicted octanol–water partition coefficient (Wildman–Crippen LogP) is 3.13. The molecule has 0 aliphatic rings. The summed E-state index contributed by atoms with van der Waals surface area (Å²) in [6.07, 6.45) is 3.73. The SMILES string of the molecule is C=N/C(I)=C\c1nccc(C)c1C. The van der Waals surface area contributed by atoms with Gasteiger partial charge in [-0.15, -0.1) is 0 Å². The minimum Gasteiger partial charge on any atom is -0.258 e. The maximum Gasteiger partial charge on any atom is 0.102 e. The van der Waals surface area contributed by atoms with Crippen molar-refractivity contribution in [1.29, 1.82) is 0 Å². The minimum absolute atomic E-state index is 0.860. The Kier molecular flexibility index (Phi) is 3.59. The number of nitrogens with zero attached hydrogens (tertiary/aromatic N) is 2. The smallest absolute Gasteiger partial charge is 0.102 e. The van der Waals surface area contributed by atoms with Gasteiger partial charge in [-0.1, -0.05) is 0 Å². The Bertz CT molecular complexity index is 356. The maximum absolute atomic E-state index is 4.26. The van der Waals surface area contributed by atoms with Gasteiger partial charge in [0.1, 0.15) is 3.70 Å². The molecule has 3 heteroatoms. The second-order valence-corrected chi connectivity index (χ2v) is 3.87. The zero-order valence-corrected chi connectivity index (χ0v) is 9.87. The highest BCUT2D eigenvalue weighted by Gasteiger charge is 1.99. The first-order chi connectivity index (χ1) is 6.15. The fraction of sp³-hybridized carbons (Fsp3) is 0.200. The summed E-state index contributed by atoms with van der Waals surface area (Å²) in [5.74, 6) is 0. The summed E-state index contributed by atoms with van der Waals surface area (Å²) < 4.78 is 0.860. The Labute approximate surface area is 91.9 Å². The molecule has 0 unspecified atom stereocenters. The van der Waals surface area contributed by atoms with Crippen LogP contribution < -0.4 is 0 Å². The second-order valence-electron chi connectivity index (χ2n) is 2.76. The van der Waals surface area contributed by atoms with Crippen molar-refractivity contribution in [2.24, 2.45) is 4.99 Å². The molecule has 0 aliphatic carbocycles. The van der Waals surface area contributed by atoms with Gasteiger partial charge < -0.3 is 0 Å². The predicted molar refractivity (Wildman–Crippen MR) is 65.3 cm³/mol. The fourth-order valence-corrected chi connectivity index (χ4v) is 1.25. The molecule has 0 atom stereocenters. The molecular weight excluding hydrogens is 275 g/mol. The molecule has 1 heterocycles. The van der Waals surface area contributed by atoms with Gasteiger partial charge in [0, 0.05) is 6.20 Å². The van der Waals surface area contributed by atoms with E-state index < -0.39 is 0 Å². The molecule has 0 N–H and O–H groups in total. The first kappa shape index (κ1) is 10.4. The highest BCUT2D eigenvalue weighted by molar-refractivity contribution is 14.1. The summed E-state index contributed by atoms with van der Waals surface area (Å²) in [6.45, 7) is 7.58. The van der Waals surface area contributed by atoms with Gasteiger partial charge in [-0.25, -0.2) is 0 Å². The highest BCUT2D eigenvalue weighted by atomic mass is 127. The summed E-state index contributed by atoms with van der Waals surface area (Å²) in [4.78, 5) is 8.07. The van der Waals surface area contributed by atoms with E-state index in [1.165, 1.54) is 11.1 Å². The Hall–Kier alpha value is -0.710. The largest absolute Gasteiger partial charge is 0.258 e. The van der Waals surface area contributed by atoms with Crippen LogP contribution in [0.5, 0.6) is 0 Å². The van der Waals surface area contributed by atoms with Crippen LogP contribution in [-0.4, -0.2) is 11.7 Å². The molecule has 1 rings (SSSR count). The third-order valence-electron chi connectivity index (χ3n) is 1.92. The lowest BCUT2D eigenvalue weighted by Crippen LogP contribution is -1.89. The third kappa shape index (κ3) is 2.62. The van der Waals surface area contributed by atoms with E-state index in [9.17, 15) is 0 Å². The molecule has 0 saturated carbocycles. The standard InChI is InChI=1S/C10H11IN2/c1-7-4-5-13-9(8(7)2)6-10(11)12-3/h4-6H,3H2,1-2H3/b10-6-. The molecule has 0 aliphatic heterocycles. The number of rotatable bonds is 2. The molecule has 0 aromatic carbocycles. The van der Waals surface area contributed by atoms with Gasteiger partial charge in [-0.3, -0.25) is 9.98 Å². The van der Waals surface area contributed by atoms with Gasteiger partial charge >= 0.3 is 0 Å². The number of halogens is 1. The van der Waals surface area contributed by atoms with Crippen LogP contribution >= 0.6 is 22.6 Å². The van der Waals surface area contributed by atoms with E-state index in [1.54, 1.807) is 6.20 Å². The van der Waals surface area contributed by atoms with Gasteiger partial charge in [-0.05, 0) is 66.4 Å². The van der Waals surface area contributed by atoms with Crippen LogP contribution in [0.15, 0.2) is 21.0 Å². The second kappa shape index (κ2) is 4.50.